The summed E-state index contributed by atoms with van der Waals surface area (Å²) in [6, 6.07) is 2.80. The Labute approximate surface area is 120 Å². The van der Waals surface area contributed by atoms with Crippen molar-refractivity contribution in [3.05, 3.63) is 23.3 Å². The number of hydrogen-bond acceptors (Lipinski definition) is 6. The van der Waals surface area contributed by atoms with E-state index in [1.807, 2.05) is 0 Å². The van der Waals surface area contributed by atoms with Gasteiger partial charge < -0.3 is 9.18 Å². The van der Waals surface area contributed by atoms with Gasteiger partial charge in [0.1, 0.15) is 0 Å². The summed E-state index contributed by atoms with van der Waals surface area (Å²) in [5.74, 6) is -0.636. The first-order valence-electron chi connectivity index (χ1n) is 5.20. The van der Waals surface area contributed by atoms with E-state index in [0.717, 1.165) is 6.26 Å². The summed E-state index contributed by atoms with van der Waals surface area (Å²) < 4.78 is 27.8. The number of nitrogens with zero attached hydrogens (tertiary/aromatic N) is 1. The van der Waals surface area contributed by atoms with E-state index in [1.54, 1.807) is 13.3 Å². The molecule has 0 aliphatic carbocycles. The zero-order valence-electron chi connectivity index (χ0n) is 10.5. The Morgan fingerprint density at radius 2 is 2.16 bits per heavy atom. The molecule has 0 amide bonds. The van der Waals surface area contributed by atoms with Crippen LogP contribution in [0.2, 0.25) is 0 Å². The predicted molar refractivity (Wildman–Crippen MR) is 81.4 cm³/mol. The molecule has 0 saturated carbocycles. The normalized spacial score (nSPS) is 11.8. The van der Waals surface area contributed by atoms with Crippen LogP contribution in [0.3, 0.4) is 0 Å². The van der Waals surface area contributed by atoms with Crippen molar-refractivity contribution in [1.82, 2.24) is 0 Å². The van der Waals surface area contributed by atoms with Gasteiger partial charge in [-0.15, -0.1) is 9.24 Å². The fraction of sp³-hybridized carbons (Fsp3) is 0.273. The highest BCUT2D eigenvalue weighted by Crippen LogP contribution is 2.19. The third-order valence-electron chi connectivity index (χ3n) is 2.49. The summed E-state index contributed by atoms with van der Waals surface area (Å²) in [6.45, 7) is 0. The molecule has 5 nitrogen and oxygen atoms in total. The van der Waals surface area contributed by atoms with E-state index in [-0.39, 0.29) is 10.5 Å². The lowest BCUT2D eigenvalue weighted by Gasteiger charge is -2.12. The van der Waals surface area contributed by atoms with Gasteiger partial charge in [-0.3, -0.25) is 0 Å². The second kappa shape index (κ2) is 6.50. The Kier molecular flexibility index (Phi) is 5.52. The molecule has 0 radical (unpaired) electrons. The van der Waals surface area contributed by atoms with E-state index in [1.165, 1.54) is 12.1 Å². The molecule has 104 valence electrons. The number of carbonyl (C=O) groups excluding carboxylic acids is 1. The molecule has 1 aromatic carbocycles. The van der Waals surface area contributed by atoms with Crippen molar-refractivity contribution in [2.75, 3.05) is 13.3 Å². The highest BCUT2D eigenvalue weighted by molar-refractivity contribution is 7.90. The molecule has 0 saturated heterocycles. The minimum absolute atomic E-state index is 0.174. The number of thiol groups is 1. The number of rotatable bonds is 4. The van der Waals surface area contributed by atoms with Gasteiger partial charge in [0.25, 0.3) is 0 Å². The molecule has 8 heteroatoms. The van der Waals surface area contributed by atoms with Gasteiger partial charge in [0, 0.05) is 38.8 Å². The number of sulfone groups is 1. The minimum atomic E-state index is -3.38. The van der Waals surface area contributed by atoms with Crippen molar-refractivity contribution >= 4 is 49.5 Å². The molecule has 0 N–H and O–H groups in total. The maximum atomic E-state index is 11.7. The number of hydrogen-bond donors (Lipinski definition) is 1. The van der Waals surface area contributed by atoms with Crippen LogP contribution in [0.25, 0.3) is 0 Å². The van der Waals surface area contributed by atoms with Crippen molar-refractivity contribution in [2.24, 2.45) is 4.99 Å². The van der Waals surface area contributed by atoms with E-state index in [2.05, 4.69) is 31.3 Å². The maximum absolute atomic E-state index is 11.7. The highest BCUT2D eigenvalue weighted by Gasteiger charge is 2.20. The Bertz CT molecular complexity index is 626. The van der Waals surface area contributed by atoms with Crippen LogP contribution in [-0.2, 0) is 20.4 Å². The molecule has 1 aromatic rings. The van der Waals surface area contributed by atoms with Crippen LogP contribution in [0, 0.1) is 0 Å². The summed E-state index contributed by atoms with van der Waals surface area (Å²) in [5.41, 5.74) is 0.765. The van der Waals surface area contributed by atoms with Gasteiger partial charge in [0.15, 0.2) is 9.84 Å². The molecule has 0 aliphatic rings. The van der Waals surface area contributed by atoms with E-state index in [0.29, 0.717) is 17.3 Å². The lowest BCUT2D eigenvalue weighted by Crippen LogP contribution is -2.18. The summed E-state index contributed by atoms with van der Waals surface area (Å²) in [5, 5.41) is 0.474. The van der Waals surface area contributed by atoms with Crippen LogP contribution < -0.4 is 5.30 Å². The molecule has 0 spiro atoms. The SMILES string of the molecule is CN=CCc1c(S(C)(=O)=O)ccc(C(=O)OS)c1P. The summed E-state index contributed by atoms with van der Waals surface area (Å²) >= 11 is 3.46. The maximum Gasteiger partial charge on any atom is 0.350 e. The van der Waals surface area contributed by atoms with Gasteiger partial charge in [0.05, 0.1) is 10.5 Å². The fourth-order valence-electron chi connectivity index (χ4n) is 1.61. The lowest BCUT2D eigenvalue weighted by atomic mass is 10.1. The van der Waals surface area contributed by atoms with Crippen molar-refractivity contribution in [1.29, 1.82) is 0 Å². The smallest absolute Gasteiger partial charge is 0.350 e. The number of carbonyl (C=O) groups is 1. The van der Waals surface area contributed by atoms with Crippen LogP contribution in [0.4, 0.5) is 0 Å². The molecule has 0 aromatic heterocycles. The third-order valence-corrected chi connectivity index (χ3v) is 4.50. The van der Waals surface area contributed by atoms with Gasteiger partial charge in [-0.05, 0) is 23.0 Å². The predicted octanol–water partition coefficient (Wildman–Crippen LogP) is 0.835. The van der Waals surface area contributed by atoms with Crippen molar-refractivity contribution in [3.8, 4) is 0 Å². The quantitative estimate of drug-likeness (QED) is 0.386. The largest absolute Gasteiger partial charge is 0.391 e. The monoisotopic (exact) mass is 319 g/mol. The molecule has 1 atom stereocenters. The fourth-order valence-corrected chi connectivity index (χ4v) is 3.26. The molecule has 0 aliphatic heterocycles. The van der Waals surface area contributed by atoms with Gasteiger partial charge in [0.2, 0.25) is 0 Å². The van der Waals surface area contributed by atoms with Crippen LogP contribution in [0.1, 0.15) is 15.9 Å². The minimum Gasteiger partial charge on any atom is -0.391 e. The average molecular weight is 319 g/mol. The molecular weight excluding hydrogens is 305 g/mol. The number of benzene rings is 1. The number of aliphatic imine (C=N–C) groups is 1. The van der Waals surface area contributed by atoms with Crippen molar-refractivity contribution in [2.45, 2.75) is 11.3 Å². The van der Waals surface area contributed by atoms with Gasteiger partial charge in [-0.1, -0.05) is 0 Å². The van der Waals surface area contributed by atoms with Crippen LogP contribution in [0.15, 0.2) is 22.0 Å². The Morgan fingerprint density at radius 3 is 2.63 bits per heavy atom. The van der Waals surface area contributed by atoms with Crippen LogP contribution >= 0.6 is 22.1 Å². The lowest BCUT2D eigenvalue weighted by molar-refractivity contribution is 0.0773. The molecule has 1 rings (SSSR count). The molecule has 1 unspecified atom stereocenters. The Balaban J connectivity index is 3.53. The Hall–Kier alpha value is -0.910. The first-order valence-corrected chi connectivity index (χ1v) is 8.04. The zero-order valence-corrected chi connectivity index (χ0v) is 13.3. The van der Waals surface area contributed by atoms with E-state index < -0.39 is 15.8 Å². The summed E-state index contributed by atoms with van der Waals surface area (Å²) in [4.78, 5) is 15.5. The first-order chi connectivity index (χ1) is 8.82. The first kappa shape index (κ1) is 16.1. The van der Waals surface area contributed by atoms with Gasteiger partial charge in [-0.2, -0.15) is 0 Å². The van der Waals surface area contributed by atoms with Crippen LogP contribution in [0.5, 0.6) is 0 Å². The van der Waals surface area contributed by atoms with Crippen LogP contribution in [-0.4, -0.2) is 33.9 Å². The Morgan fingerprint density at radius 1 is 1.53 bits per heavy atom. The molecular formula is C11H14NO4PS2. The molecule has 0 fully saturated rings. The van der Waals surface area contributed by atoms with E-state index >= 15 is 0 Å². The van der Waals surface area contributed by atoms with E-state index in [9.17, 15) is 13.2 Å². The molecule has 19 heavy (non-hydrogen) atoms. The van der Waals surface area contributed by atoms with E-state index in [4.69, 9.17) is 0 Å². The van der Waals surface area contributed by atoms with Gasteiger partial charge >= 0.3 is 5.97 Å². The standard InChI is InChI=1S/C11H14NO4PS2/c1-12-6-5-7-9(19(2,14)15)4-3-8(10(7)17)11(13)16-18/h3-4,6,18H,5,17H2,1-2H3. The van der Waals surface area contributed by atoms with Crippen molar-refractivity contribution < 1.29 is 17.4 Å². The average Bonchev–Trinajstić information content (AvgIpc) is 2.34. The highest BCUT2D eigenvalue weighted by atomic mass is 32.2. The topological polar surface area (TPSA) is 72.8 Å². The molecule has 0 heterocycles. The molecule has 0 bridgehead atoms. The second-order valence-corrected chi connectivity index (χ2v) is 6.54. The second-order valence-electron chi connectivity index (χ2n) is 3.80. The summed E-state index contributed by atoms with van der Waals surface area (Å²) in [7, 11) is 0.578. The zero-order chi connectivity index (χ0) is 14.6. The third kappa shape index (κ3) is 3.78. The van der Waals surface area contributed by atoms with Crippen molar-refractivity contribution in [3.63, 3.8) is 0 Å². The summed E-state index contributed by atoms with van der Waals surface area (Å²) in [6.07, 6.45) is 3.01. The van der Waals surface area contributed by atoms with Gasteiger partial charge in [-0.25, -0.2) is 13.2 Å².